The summed E-state index contributed by atoms with van der Waals surface area (Å²) in [5.74, 6) is 2.14. The Hall–Kier alpha value is -0.0400. The van der Waals surface area contributed by atoms with Crippen LogP contribution < -0.4 is 0 Å². The lowest BCUT2D eigenvalue weighted by Crippen LogP contribution is -2.13. The summed E-state index contributed by atoms with van der Waals surface area (Å²) in [5, 5.41) is 7.00. The zero-order valence-electron chi connectivity index (χ0n) is 8.84. The molecule has 1 nitrogen and oxygen atoms in total. The van der Waals surface area contributed by atoms with Crippen molar-refractivity contribution in [3.8, 4) is 0 Å². The molecule has 1 N–H and O–H groups in total. The average Bonchev–Trinajstić information content (AvgIpc) is 2.21. The van der Waals surface area contributed by atoms with E-state index < -0.39 is 0 Å². The molecule has 2 unspecified atom stereocenters. The van der Waals surface area contributed by atoms with Gasteiger partial charge in [0.2, 0.25) is 0 Å². The first-order valence-corrected chi connectivity index (χ1v) is 5.31. The molecular formula is C11H24O. The highest BCUT2D eigenvalue weighted by atomic mass is 16.2. The zero-order chi connectivity index (χ0) is 9.40. The maximum atomic E-state index is 7.00. The van der Waals surface area contributed by atoms with Crippen LogP contribution in [0.1, 0.15) is 52.4 Å². The predicted molar refractivity (Wildman–Crippen MR) is 54.2 cm³/mol. The van der Waals surface area contributed by atoms with Crippen molar-refractivity contribution in [2.24, 2.45) is 11.8 Å². The molecule has 0 heterocycles. The van der Waals surface area contributed by atoms with Gasteiger partial charge in [-0.1, -0.05) is 46.0 Å². The lowest BCUT2D eigenvalue weighted by molar-refractivity contribution is 0.255. The SMILES string of the molecule is CCC1CCCC(CC)C1.CO. The van der Waals surface area contributed by atoms with Crippen molar-refractivity contribution in [1.29, 1.82) is 0 Å². The van der Waals surface area contributed by atoms with Gasteiger partial charge >= 0.3 is 0 Å². The van der Waals surface area contributed by atoms with Crippen molar-refractivity contribution in [2.75, 3.05) is 7.11 Å². The molecule has 0 aromatic carbocycles. The lowest BCUT2D eigenvalue weighted by Gasteiger charge is -2.27. The van der Waals surface area contributed by atoms with E-state index >= 15 is 0 Å². The van der Waals surface area contributed by atoms with Crippen molar-refractivity contribution in [3.63, 3.8) is 0 Å². The molecule has 0 bridgehead atoms. The molecule has 1 aliphatic rings. The minimum Gasteiger partial charge on any atom is -0.400 e. The maximum absolute atomic E-state index is 7.00. The third kappa shape index (κ3) is 4.10. The van der Waals surface area contributed by atoms with Crippen molar-refractivity contribution in [2.45, 2.75) is 52.4 Å². The van der Waals surface area contributed by atoms with Crippen molar-refractivity contribution in [3.05, 3.63) is 0 Å². The van der Waals surface area contributed by atoms with Gasteiger partial charge in [-0.25, -0.2) is 0 Å². The van der Waals surface area contributed by atoms with Crippen LogP contribution in [0.25, 0.3) is 0 Å². The molecule has 1 heteroatoms. The predicted octanol–water partition coefficient (Wildman–Crippen LogP) is 3.22. The largest absolute Gasteiger partial charge is 0.400 e. The molecule has 0 spiro atoms. The third-order valence-electron chi connectivity index (χ3n) is 3.05. The quantitative estimate of drug-likeness (QED) is 0.678. The molecule has 0 saturated heterocycles. The summed E-state index contributed by atoms with van der Waals surface area (Å²) in [4.78, 5) is 0. The Balaban J connectivity index is 0.000000561. The van der Waals surface area contributed by atoms with E-state index in [0.29, 0.717) is 0 Å². The van der Waals surface area contributed by atoms with E-state index in [1.54, 1.807) is 0 Å². The van der Waals surface area contributed by atoms with Gasteiger partial charge in [0.15, 0.2) is 0 Å². The van der Waals surface area contributed by atoms with E-state index in [1.807, 2.05) is 0 Å². The summed E-state index contributed by atoms with van der Waals surface area (Å²) in [5.41, 5.74) is 0. The molecule has 1 fully saturated rings. The van der Waals surface area contributed by atoms with E-state index in [2.05, 4.69) is 13.8 Å². The Morgan fingerprint density at radius 1 is 1.00 bits per heavy atom. The van der Waals surface area contributed by atoms with Gasteiger partial charge in [-0.15, -0.1) is 0 Å². The van der Waals surface area contributed by atoms with E-state index in [9.17, 15) is 0 Å². The summed E-state index contributed by atoms with van der Waals surface area (Å²) in [7, 11) is 1.00. The number of aliphatic hydroxyl groups is 1. The fourth-order valence-electron chi connectivity index (χ4n) is 2.14. The van der Waals surface area contributed by atoms with Crippen molar-refractivity contribution < 1.29 is 5.11 Å². The van der Waals surface area contributed by atoms with Gasteiger partial charge in [0, 0.05) is 7.11 Å². The van der Waals surface area contributed by atoms with Gasteiger partial charge < -0.3 is 5.11 Å². The Kier molecular flexibility index (Phi) is 7.58. The van der Waals surface area contributed by atoms with Crippen LogP contribution in [-0.4, -0.2) is 12.2 Å². The number of hydrogen-bond donors (Lipinski definition) is 1. The summed E-state index contributed by atoms with van der Waals surface area (Å²) in [6.07, 6.45) is 8.86. The van der Waals surface area contributed by atoms with Gasteiger partial charge in [-0.05, 0) is 18.3 Å². The Morgan fingerprint density at radius 2 is 1.42 bits per heavy atom. The Bertz CT molecular complexity index is 81.0. The third-order valence-corrected chi connectivity index (χ3v) is 3.05. The van der Waals surface area contributed by atoms with Crippen LogP contribution in [0.4, 0.5) is 0 Å². The molecule has 1 saturated carbocycles. The van der Waals surface area contributed by atoms with Crippen LogP contribution in [0, 0.1) is 11.8 Å². The molecular weight excluding hydrogens is 148 g/mol. The molecule has 0 aliphatic heterocycles. The molecule has 12 heavy (non-hydrogen) atoms. The summed E-state index contributed by atoms with van der Waals surface area (Å²) >= 11 is 0. The van der Waals surface area contributed by atoms with Crippen LogP contribution in [0.5, 0.6) is 0 Å². The Labute approximate surface area is 77.2 Å². The van der Waals surface area contributed by atoms with Gasteiger partial charge in [-0.2, -0.15) is 0 Å². The smallest absolute Gasteiger partial charge is 0.0319 e. The molecule has 1 rings (SSSR count). The zero-order valence-corrected chi connectivity index (χ0v) is 8.84. The standard InChI is InChI=1S/C10H20.CH4O/c1-3-9-6-5-7-10(4-2)8-9;1-2/h9-10H,3-8H2,1-2H3;2H,1H3. The van der Waals surface area contributed by atoms with Crippen molar-refractivity contribution >= 4 is 0 Å². The minimum absolute atomic E-state index is 1.00. The van der Waals surface area contributed by atoms with Crippen LogP contribution in [0.15, 0.2) is 0 Å². The van der Waals surface area contributed by atoms with Gasteiger partial charge in [0.05, 0.1) is 0 Å². The summed E-state index contributed by atoms with van der Waals surface area (Å²) in [6.45, 7) is 4.67. The molecule has 0 radical (unpaired) electrons. The van der Waals surface area contributed by atoms with Gasteiger partial charge in [0.25, 0.3) is 0 Å². The highest BCUT2D eigenvalue weighted by molar-refractivity contribution is 4.70. The van der Waals surface area contributed by atoms with Gasteiger partial charge in [0.1, 0.15) is 0 Å². The normalized spacial score (nSPS) is 29.0. The fourth-order valence-corrected chi connectivity index (χ4v) is 2.14. The fraction of sp³-hybridized carbons (Fsp3) is 1.00. The molecule has 0 aromatic heterocycles. The number of aliphatic hydroxyl groups excluding tert-OH is 1. The van der Waals surface area contributed by atoms with Gasteiger partial charge in [-0.3, -0.25) is 0 Å². The van der Waals surface area contributed by atoms with Crippen LogP contribution in [-0.2, 0) is 0 Å². The first-order valence-electron chi connectivity index (χ1n) is 5.31. The summed E-state index contributed by atoms with van der Waals surface area (Å²) in [6, 6.07) is 0. The van der Waals surface area contributed by atoms with Crippen molar-refractivity contribution in [1.82, 2.24) is 0 Å². The minimum atomic E-state index is 1.00. The molecule has 0 amide bonds. The molecule has 74 valence electrons. The molecule has 1 aliphatic carbocycles. The number of hydrogen-bond acceptors (Lipinski definition) is 1. The van der Waals surface area contributed by atoms with Crippen LogP contribution in [0.3, 0.4) is 0 Å². The van der Waals surface area contributed by atoms with Crippen LogP contribution in [0.2, 0.25) is 0 Å². The lowest BCUT2D eigenvalue weighted by atomic mass is 9.79. The highest BCUT2D eigenvalue weighted by Gasteiger charge is 2.18. The second-order valence-electron chi connectivity index (χ2n) is 3.72. The van der Waals surface area contributed by atoms with Crippen LogP contribution >= 0.6 is 0 Å². The molecule has 2 atom stereocenters. The summed E-state index contributed by atoms with van der Waals surface area (Å²) < 4.78 is 0. The Morgan fingerprint density at radius 3 is 1.75 bits per heavy atom. The molecule has 0 aromatic rings. The first-order chi connectivity index (χ1) is 5.86. The average molecular weight is 172 g/mol. The maximum Gasteiger partial charge on any atom is 0.0319 e. The monoisotopic (exact) mass is 172 g/mol. The topological polar surface area (TPSA) is 20.2 Å². The van der Waals surface area contributed by atoms with E-state index in [-0.39, 0.29) is 0 Å². The number of rotatable bonds is 2. The first kappa shape index (κ1) is 12.0. The second-order valence-corrected chi connectivity index (χ2v) is 3.72. The van der Waals surface area contributed by atoms with E-state index in [0.717, 1.165) is 18.9 Å². The second kappa shape index (κ2) is 7.60. The van der Waals surface area contributed by atoms with E-state index in [4.69, 9.17) is 5.11 Å². The highest BCUT2D eigenvalue weighted by Crippen LogP contribution is 2.32. The van der Waals surface area contributed by atoms with E-state index in [1.165, 1.54) is 38.5 Å².